The van der Waals surface area contributed by atoms with Gasteiger partial charge in [0.15, 0.2) is 0 Å². The number of carbonyl (C=O) groups excluding carboxylic acids is 2. The fourth-order valence-corrected chi connectivity index (χ4v) is 2.70. The molecule has 0 radical (unpaired) electrons. The second kappa shape index (κ2) is 8.67. The summed E-state index contributed by atoms with van der Waals surface area (Å²) in [5.74, 6) is -0.0102. The van der Waals surface area contributed by atoms with Crippen LogP contribution in [-0.4, -0.2) is 18.9 Å². The summed E-state index contributed by atoms with van der Waals surface area (Å²) < 4.78 is 5.40. The quantitative estimate of drug-likeness (QED) is 0.661. The van der Waals surface area contributed by atoms with E-state index in [1.807, 2.05) is 24.3 Å². The molecule has 0 fully saturated rings. The number of nitrogens with one attached hydrogen (secondary N) is 2. The summed E-state index contributed by atoms with van der Waals surface area (Å²) in [6.07, 6.45) is -0.749. The molecule has 0 saturated carbocycles. The highest BCUT2D eigenvalue weighted by Gasteiger charge is 2.21. The van der Waals surface area contributed by atoms with Crippen molar-refractivity contribution in [3.8, 4) is 5.75 Å². The van der Waals surface area contributed by atoms with E-state index in [1.54, 1.807) is 67.8 Å². The Morgan fingerprint density at radius 2 is 1.15 bits per heavy atom. The Morgan fingerprint density at radius 1 is 0.704 bits per heavy atom. The van der Waals surface area contributed by atoms with Gasteiger partial charge >= 0.3 is 0 Å². The lowest BCUT2D eigenvalue weighted by Crippen LogP contribution is -2.41. The van der Waals surface area contributed by atoms with E-state index in [0.717, 1.165) is 0 Å². The van der Waals surface area contributed by atoms with Crippen LogP contribution in [0.2, 0.25) is 0 Å². The van der Waals surface area contributed by atoms with Gasteiger partial charge in [-0.15, -0.1) is 0 Å². The molecule has 5 heteroatoms. The lowest BCUT2D eigenvalue weighted by Gasteiger charge is -2.22. The molecule has 0 aromatic heterocycles. The molecule has 3 aromatic rings. The molecule has 5 nitrogen and oxygen atoms in total. The summed E-state index contributed by atoms with van der Waals surface area (Å²) in [7, 11) is 1.55. The Morgan fingerprint density at radius 3 is 1.63 bits per heavy atom. The molecule has 0 bridgehead atoms. The molecule has 2 amide bonds. The van der Waals surface area contributed by atoms with Crippen molar-refractivity contribution in [2.24, 2.45) is 0 Å². The Kier molecular flexibility index (Phi) is 5.84. The van der Waals surface area contributed by atoms with E-state index < -0.39 is 6.17 Å². The predicted molar refractivity (Wildman–Crippen MR) is 104 cm³/mol. The first kappa shape index (κ1) is 18.2. The first-order valence-electron chi connectivity index (χ1n) is 8.54. The molecular weight excluding hydrogens is 340 g/mol. The minimum absolute atomic E-state index is 0.292. The van der Waals surface area contributed by atoms with Gasteiger partial charge in [-0.05, 0) is 30.3 Å². The molecule has 3 rings (SSSR count). The maximum Gasteiger partial charge on any atom is 0.253 e. The average molecular weight is 360 g/mol. The number of amides is 2. The van der Waals surface area contributed by atoms with Crippen LogP contribution in [0.5, 0.6) is 5.75 Å². The normalized spacial score (nSPS) is 10.3. The summed E-state index contributed by atoms with van der Waals surface area (Å²) in [4.78, 5) is 25.3. The maximum atomic E-state index is 12.6. The minimum atomic E-state index is -0.749. The van der Waals surface area contributed by atoms with Crippen molar-refractivity contribution in [2.45, 2.75) is 6.17 Å². The van der Waals surface area contributed by atoms with Crippen LogP contribution in [0.1, 0.15) is 32.4 Å². The molecule has 27 heavy (non-hydrogen) atoms. The fraction of sp³-hybridized carbons (Fsp3) is 0.0909. The Balaban J connectivity index is 1.89. The Hall–Kier alpha value is -3.60. The first-order valence-corrected chi connectivity index (χ1v) is 8.54. The lowest BCUT2D eigenvalue weighted by atomic mass is 10.1. The largest absolute Gasteiger partial charge is 0.496 e. The fourth-order valence-electron chi connectivity index (χ4n) is 2.70. The molecule has 0 heterocycles. The van der Waals surface area contributed by atoms with Gasteiger partial charge in [-0.1, -0.05) is 54.6 Å². The van der Waals surface area contributed by atoms with Crippen molar-refractivity contribution in [1.29, 1.82) is 0 Å². The van der Waals surface area contributed by atoms with Crippen LogP contribution in [0.4, 0.5) is 0 Å². The minimum Gasteiger partial charge on any atom is -0.496 e. The molecule has 0 unspecified atom stereocenters. The zero-order chi connectivity index (χ0) is 19.1. The topological polar surface area (TPSA) is 67.4 Å². The second-order valence-corrected chi connectivity index (χ2v) is 5.85. The van der Waals surface area contributed by atoms with Crippen LogP contribution >= 0.6 is 0 Å². The number of hydrogen-bond donors (Lipinski definition) is 2. The van der Waals surface area contributed by atoms with E-state index in [9.17, 15) is 9.59 Å². The van der Waals surface area contributed by atoms with Crippen LogP contribution in [0, 0.1) is 0 Å². The summed E-state index contributed by atoms with van der Waals surface area (Å²) in [5, 5.41) is 5.75. The molecule has 2 N–H and O–H groups in total. The number of rotatable bonds is 6. The molecule has 0 atom stereocenters. The van der Waals surface area contributed by atoms with E-state index in [4.69, 9.17) is 4.74 Å². The van der Waals surface area contributed by atoms with Crippen LogP contribution < -0.4 is 15.4 Å². The smallest absolute Gasteiger partial charge is 0.253 e. The van der Waals surface area contributed by atoms with Crippen LogP contribution in [-0.2, 0) is 0 Å². The zero-order valence-electron chi connectivity index (χ0n) is 14.9. The van der Waals surface area contributed by atoms with Gasteiger partial charge in [0.25, 0.3) is 11.8 Å². The van der Waals surface area contributed by atoms with Crippen LogP contribution in [0.25, 0.3) is 0 Å². The van der Waals surface area contributed by atoms with Gasteiger partial charge in [0.05, 0.1) is 7.11 Å². The summed E-state index contributed by atoms with van der Waals surface area (Å²) >= 11 is 0. The number of benzene rings is 3. The van der Waals surface area contributed by atoms with Gasteiger partial charge in [-0.25, -0.2) is 0 Å². The first-order chi connectivity index (χ1) is 13.2. The SMILES string of the molecule is COc1ccccc1C(NC(=O)c1ccccc1)NC(=O)c1ccccc1. The molecule has 136 valence electrons. The van der Waals surface area contributed by atoms with Crippen molar-refractivity contribution < 1.29 is 14.3 Å². The van der Waals surface area contributed by atoms with Crippen molar-refractivity contribution in [1.82, 2.24) is 10.6 Å². The van der Waals surface area contributed by atoms with Crippen molar-refractivity contribution >= 4 is 11.8 Å². The third-order valence-corrected chi connectivity index (χ3v) is 4.07. The monoisotopic (exact) mass is 360 g/mol. The van der Waals surface area contributed by atoms with Crippen LogP contribution in [0.3, 0.4) is 0 Å². The third-order valence-electron chi connectivity index (χ3n) is 4.07. The molecule has 0 aliphatic carbocycles. The van der Waals surface area contributed by atoms with E-state index in [-0.39, 0.29) is 11.8 Å². The second-order valence-electron chi connectivity index (χ2n) is 5.85. The van der Waals surface area contributed by atoms with E-state index in [2.05, 4.69) is 10.6 Å². The van der Waals surface area contributed by atoms with E-state index in [1.165, 1.54) is 0 Å². The molecular formula is C22H20N2O3. The van der Waals surface area contributed by atoms with Crippen molar-refractivity contribution in [3.05, 3.63) is 102 Å². The molecule has 0 spiro atoms. The van der Waals surface area contributed by atoms with E-state index in [0.29, 0.717) is 22.4 Å². The number of para-hydroxylation sites is 1. The van der Waals surface area contributed by atoms with Gasteiger partial charge < -0.3 is 15.4 Å². The average Bonchev–Trinajstić information content (AvgIpc) is 2.74. The molecule has 0 aliphatic heterocycles. The number of ether oxygens (including phenoxy) is 1. The highest BCUT2D eigenvalue weighted by Crippen LogP contribution is 2.24. The van der Waals surface area contributed by atoms with Crippen LogP contribution in [0.15, 0.2) is 84.9 Å². The van der Waals surface area contributed by atoms with Gasteiger partial charge in [-0.3, -0.25) is 9.59 Å². The highest BCUT2D eigenvalue weighted by molar-refractivity contribution is 5.96. The van der Waals surface area contributed by atoms with Crippen molar-refractivity contribution in [2.75, 3.05) is 7.11 Å². The van der Waals surface area contributed by atoms with Crippen molar-refractivity contribution in [3.63, 3.8) is 0 Å². The number of carbonyl (C=O) groups is 2. The number of methoxy groups -OCH3 is 1. The highest BCUT2D eigenvalue weighted by atomic mass is 16.5. The zero-order valence-corrected chi connectivity index (χ0v) is 14.9. The maximum absolute atomic E-state index is 12.6. The van der Waals surface area contributed by atoms with Gasteiger partial charge in [0.2, 0.25) is 0 Å². The third kappa shape index (κ3) is 4.52. The number of hydrogen-bond acceptors (Lipinski definition) is 3. The van der Waals surface area contributed by atoms with Gasteiger partial charge in [0, 0.05) is 16.7 Å². The Bertz CT molecular complexity index is 858. The molecule has 0 aliphatic rings. The summed E-state index contributed by atoms with van der Waals surface area (Å²) in [6.45, 7) is 0. The standard InChI is InChI=1S/C22H20N2O3/c1-27-19-15-9-8-14-18(19)20(23-21(25)16-10-4-2-5-11-16)24-22(26)17-12-6-3-7-13-17/h2-15,20H,1H3,(H,23,25)(H,24,26). The summed E-state index contributed by atoms with van der Waals surface area (Å²) in [5.41, 5.74) is 1.67. The summed E-state index contributed by atoms with van der Waals surface area (Å²) in [6, 6.07) is 24.9. The van der Waals surface area contributed by atoms with Gasteiger partial charge in [-0.2, -0.15) is 0 Å². The van der Waals surface area contributed by atoms with Gasteiger partial charge in [0.1, 0.15) is 11.9 Å². The lowest BCUT2D eigenvalue weighted by molar-refractivity contribution is 0.0882. The van der Waals surface area contributed by atoms with E-state index >= 15 is 0 Å². The predicted octanol–water partition coefficient (Wildman–Crippen LogP) is 3.55. The molecule has 0 saturated heterocycles. The Labute approximate surface area is 158 Å². The molecule has 3 aromatic carbocycles.